The van der Waals surface area contributed by atoms with E-state index in [9.17, 15) is 4.79 Å². The molecule has 0 spiro atoms. The van der Waals surface area contributed by atoms with Crippen LogP contribution in [0.2, 0.25) is 0 Å². The lowest BCUT2D eigenvalue weighted by Gasteiger charge is -2.22. The van der Waals surface area contributed by atoms with Crippen LogP contribution in [0, 0.1) is 5.41 Å². The van der Waals surface area contributed by atoms with E-state index in [1.165, 1.54) is 12.8 Å². The Kier molecular flexibility index (Phi) is 4.18. The van der Waals surface area contributed by atoms with Crippen molar-refractivity contribution >= 4 is 11.6 Å². The number of benzene rings is 1. The molecule has 3 rings (SSSR count). The van der Waals surface area contributed by atoms with Crippen molar-refractivity contribution in [1.82, 2.24) is 0 Å². The monoisotopic (exact) mass is 287 g/mol. The van der Waals surface area contributed by atoms with Crippen molar-refractivity contribution in [2.75, 3.05) is 5.32 Å². The summed E-state index contributed by atoms with van der Waals surface area (Å²) in [7, 11) is 0. The minimum Gasteiger partial charge on any atom is -0.490 e. The van der Waals surface area contributed by atoms with E-state index in [2.05, 4.69) is 12.2 Å². The molecule has 21 heavy (non-hydrogen) atoms. The Morgan fingerprint density at radius 3 is 2.33 bits per heavy atom. The van der Waals surface area contributed by atoms with E-state index < -0.39 is 0 Å². The molecule has 2 saturated carbocycles. The number of ether oxygens (including phenoxy) is 1. The molecular formula is C18H25NO2. The summed E-state index contributed by atoms with van der Waals surface area (Å²) in [5.74, 6) is 1.07. The number of carbonyl (C=O) groups is 1. The lowest BCUT2D eigenvalue weighted by atomic mass is 9.88. The minimum absolute atomic E-state index is 0.157. The van der Waals surface area contributed by atoms with Gasteiger partial charge in [-0.15, -0.1) is 0 Å². The van der Waals surface area contributed by atoms with Gasteiger partial charge in [0.25, 0.3) is 0 Å². The fraction of sp³-hybridized carbons (Fsp3) is 0.611. The van der Waals surface area contributed by atoms with Crippen molar-refractivity contribution in [1.29, 1.82) is 0 Å². The van der Waals surface area contributed by atoms with E-state index in [1.54, 1.807) is 0 Å². The molecule has 1 N–H and O–H groups in total. The molecule has 0 bridgehead atoms. The van der Waals surface area contributed by atoms with Gasteiger partial charge in [0.1, 0.15) is 5.75 Å². The summed E-state index contributed by atoms with van der Waals surface area (Å²) in [6.45, 7) is 2.08. The van der Waals surface area contributed by atoms with Crippen molar-refractivity contribution < 1.29 is 9.53 Å². The zero-order chi connectivity index (χ0) is 14.7. The lowest BCUT2D eigenvalue weighted by molar-refractivity contribution is -0.124. The molecular weight excluding hydrogens is 262 g/mol. The number of hydrogen-bond donors (Lipinski definition) is 1. The Balaban J connectivity index is 1.57. The predicted molar refractivity (Wildman–Crippen MR) is 84.5 cm³/mol. The molecule has 1 aromatic rings. The van der Waals surface area contributed by atoms with Crippen LogP contribution >= 0.6 is 0 Å². The highest BCUT2D eigenvalue weighted by atomic mass is 16.5. The SMILES string of the molecule is CC1(C(=O)Nc2ccc(OC3CCCC3)cc2)CCCC1. The second-order valence-electron chi connectivity index (χ2n) is 6.77. The van der Waals surface area contributed by atoms with Gasteiger partial charge in [-0.2, -0.15) is 0 Å². The second kappa shape index (κ2) is 6.08. The molecule has 0 aliphatic heterocycles. The standard InChI is InChI=1S/C18H25NO2/c1-18(12-4-5-13-18)17(20)19-14-8-10-16(11-9-14)21-15-6-2-3-7-15/h8-11,15H,2-7,12-13H2,1H3,(H,19,20). The molecule has 0 aromatic heterocycles. The minimum atomic E-state index is -0.182. The van der Waals surface area contributed by atoms with Gasteiger partial charge in [-0.05, 0) is 62.8 Å². The van der Waals surface area contributed by atoms with E-state index in [0.717, 1.165) is 50.0 Å². The van der Waals surface area contributed by atoms with E-state index in [4.69, 9.17) is 4.74 Å². The van der Waals surface area contributed by atoms with Crippen LogP contribution in [0.5, 0.6) is 5.75 Å². The number of anilines is 1. The van der Waals surface area contributed by atoms with Crippen LogP contribution in [0.1, 0.15) is 58.3 Å². The molecule has 0 radical (unpaired) electrons. The molecule has 2 aliphatic carbocycles. The van der Waals surface area contributed by atoms with Crippen LogP contribution < -0.4 is 10.1 Å². The molecule has 2 aliphatic rings. The van der Waals surface area contributed by atoms with Crippen LogP contribution in [-0.2, 0) is 4.79 Å². The molecule has 0 unspecified atom stereocenters. The maximum atomic E-state index is 12.4. The first kappa shape index (κ1) is 14.4. The van der Waals surface area contributed by atoms with Crippen LogP contribution in [0.4, 0.5) is 5.69 Å². The van der Waals surface area contributed by atoms with Gasteiger partial charge in [0.15, 0.2) is 0 Å². The van der Waals surface area contributed by atoms with E-state index in [-0.39, 0.29) is 11.3 Å². The second-order valence-corrected chi connectivity index (χ2v) is 6.77. The predicted octanol–water partition coefficient (Wildman–Crippen LogP) is 4.53. The van der Waals surface area contributed by atoms with Crippen LogP contribution in [-0.4, -0.2) is 12.0 Å². The third-order valence-electron chi connectivity index (χ3n) is 4.97. The third-order valence-corrected chi connectivity index (χ3v) is 4.97. The van der Waals surface area contributed by atoms with Gasteiger partial charge < -0.3 is 10.1 Å². The molecule has 1 amide bonds. The zero-order valence-electron chi connectivity index (χ0n) is 12.9. The molecule has 0 saturated heterocycles. The van der Waals surface area contributed by atoms with Crippen LogP contribution in [0.25, 0.3) is 0 Å². The average molecular weight is 287 g/mol. The molecule has 3 heteroatoms. The summed E-state index contributed by atoms with van der Waals surface area (Å²) in [6, 6.07) is 7.82. The summed E-state index contributed by atoms with van der Waals surface area (Å²) < 4.78 is 5.94. The number of rotatable bonds is 4. The Labute approximate surface area is 127 Å². The van der Waals surface area contributed by atoms with Crippen molar-refractivity contribution in [3.05, 3.63) is 24.3 Å². The van der Waals surface area contributed by atoms with Gasteiger partial charge in [-0.3, -0.25) is 4.79 Å². The van der Waals surface area contributed by atoms with Gasteiger partial charge in [0.2, 0.25) is 5.91 Å². The van der Waals surface area contributed by atoms with Gasteiger partial charge >= 0.3 is 0 Å². The van der Waals surface area contributed by atoms with Crippen LogP contribution in [0.3, 0.4) is 0 Å². The number of nitrogens with one attached hydrogen (secondary N) is 1. The fourth-order valence-corrected chi connectivity index (χ4v) is 3.48. The molecule has 2 fully saturated rings. The number of carbonyl (C=O) groups excluding carboxylic acids is 1. The number of amides is 1. The molecule has 0 heterocycles. The maximum Gasteiger partial charge on any atom is 0.230 e. The Morgan fingerprint density at radius 2 is 1.71 bits per heavy atom. The summed E-state index contributed by atoms with van der Waals surface area (Å²) in [5, 5.41) is 3.05. The highest BCUT2D eigenvalue weighted by Gasteiger charge is 2.36. The maximum absolute atomic E-state index is 12.4. The molecule has 3 nitrogen and oxygen atoms in total. The Morgan fingerprint density at radius 1 is 1.10 bits per heavy atom. The summed E-state index contributed by atoms with van der Waals surface area (Å²) >= 11 is 0. The lowest BCUT2D eigenvalue weighted by Crippen LogP contribution is -2.30. The van der Waals surface area contributed by atoms with Gasteiger partial charge in [-0.25, -0.2) is 0 Å². The number of hydrogen-bond acceptors (Lipinski definition) is 2. The first-order chi connectivity index (χ1) is 10.2. The summed E-state index contributed by atoms with van der Waals surface area (Å²) in [4.78, 5) is 12.4. The highest BCUT2D eigenvalue weighted by molar-refractivity contribution is 5.95. The molecule has 114 valence electrons. The fourth-order valence-electron chi connectivity index (χ4n) is 3.48. The Bertz CT molecular complexity index is 482. The van der Waals surface area contributed by atoms with E-state index in [1.807, 2.05) is 24.3 Å². The molecule has 1 aromatic carbocycles. The average Bonchev–Trinajstić information content (AvgIpc) is 3.13. The van der Waals surface area contributed by atoms with Crippen molar-refractivity contribution in [2.24, 2.45) is 5.41 Å². The summed E-state index contributed by atoms with van der Waals surface area (Å²) in [6.07, 6.45) is 9.59. The Hall–Kier alpha value is -1.51. The van der Waals surface area contributed by atoms with Crippen LogP contribution in [0.15, 0.2) is 24.3 Å². The van der Waals surface area contributed by atoms with Gasteiger partial charge in [0.05, 0.1) is 6.10 Å². The quantitative estimate of drug-likeness (QED) is 0.883. The van der Waals surface area contributed by atoms with E-state index >= 15 is 0 Å². The van der Waals surface area contributed by atoms with Crippen molar-refractivity contribution in [2.45, 2.75) is 64.4 Å². The first-order valence-electron chi connectivity index (χ1n) is 8.24. The zero-order valence-corrected chi connectivity index (χ0v) is 12.9. The van der Waals surface area contributed by atoms with Crippen molar-refractivity contribution in [3.63, 3.8) is 0 Å². The third kappa shape index (κ3) is 3.39. The summed E-state index contributed by atoms with van der Waals surface area (Å²) in [5.41, 5.74) is 0.686. The van der Waals surface area contributed by atoms with Crippen molar-refractivity contribution in [3.8, 4) is 5.75 Å². The molecule has 0 atom stereocenters. The largest absolute Gasteiger partial charge is 0.490 e. The highest BCUT2D eigenvalue weighted by Crippen LogP contribution is 2.38. The smallest absolute Gasteiger partial charge is 0.230 e. The topological polar surface area (TPSA) is 38.3 Å². The van der Waals surface area contributed by atoms with Gasteiger partial charge in [0, 0.05) is 11.1 Å². The first-order valence-corrected chi connectivity index (χ1v) is 8.24. The van der Waals surface area contributed by atoms with E-state index in [0.29, 0.717) is 6.10 Å². The normalized spacial score (nSPS) is 21.4. The van der Waals surface area contributed by atoms with Gasteiger partial charge in [-0.1, -0.05) is 19.8 Å².